The van der Waals surface area contributed by atoms with Crippen LogP contribution in [0.2, 0.25) is 0 Å². The fourth-order valence-corrected chi connectivity index (χ4v) is 1.82. The molecule has 0 atom stereocenters. The summed E-state index contributed by atoms with van der Waals surface area (Å²) in [7, 11) is 1.64. The number of benzene rings is 1. The predicted octanol–water partition coefficient (Wildman–Crippen LogP) is 1.78. The van der Waals surface area contributed by atoms with E-state index in [4.69, 9.17) is 14.6 Å². The van der Waals surface area contributed by atoms with Crippen LogP contribution < -0.4 is 9.47 Å². The van der Waals surface area contributed by atoms with Gasteiger partial charge in [0.1, 0.15) is 6.61 Å². The lowest BCUT2D eigenvalue weighted by atomic mass is 10.3. The Hall–Kier alpha value is -1.26. The van der Waals surface area contributed by atoms with Crippen LogP contribution in [0, 0.1) is 0 Å². The molecular weight excluding hydrogens is 230 g/mol. The molecule has 0 aliphatic heterocycles. The minimum atomic E-state index is 0.189. The Kier molecular flexibility index (Phi) is 7.22. The smallest absolute Gasteiger partial charge is 0.161 e. The van der Waals surface area contributed by atoms with E-state index in [1.54, 1.807) is 7.11 Å². The highest BCUT2D eigenvalue weighted by atomic mass is 16.5. The summed E-state index contributed by atoms with van der Waals surface area (Å²) in [5, 5.41) is 8.96. The second-order valence-electron chi connectivity index (χ2n) is 4.06. The molecule has 4 nitrogen and oxygen atoms in total. The van der Waals surface area contributed by atoms with E-state index in [1.165, 1.54) is 0 Å². The highest BCUT2D eigenvalue weighted by Crippen LogP contribution is 2.25. The third-order valence-electron chi connectivity index (χ3n) is 2.69. The topological polar surface area (TPSA) is 41.9 Å². The number of ether oxygens (including phenoxy) is 2. The van der Waals surface area contributed by atoms with Gasteiger partial charge in [-0.1, -0.05) is 19.1 Å². The Morgan fingerprint density at radius 3 is 2.44 bits per heavy atom. The molecule has 1 rings (SSSR count). The largest absolute Gasteiger partial charge is 0.493 e. The van der Waals surface area contributed by atoms with Crippen LogP contribution in [0.15, 0.2) is 24.3 Å². The average molecular weight is 253 g/mol. The van der Waals surface area contributed by atoms with Gasteiger partial charge in [0.05, 0.1) is 13.7 Å². The lowest BCUT2D eigenvalue weighted by molar-refractivity contribution is 0.167. The Morgan fingerprint density at radius 2 is 1.83 bits per heavy atom. The lowest BCUT2D eigenvalue weighted by Gasteiger charge is -2.20. The van der Waals surface area contributed by atoms with Crippen molar-refractivity contribution in [2.75, 3.05) is 40.0 Å². The second-order valence-corrected chi connectivity index (χ2v) is 4.06. The maximum atomic E-state index is 8.96. The number of para-hydroxylation sites is 2. The van der Waals surface area contributed by atoms with Gasteiger partial charge >= 0.3 is 0 Å². The molecule has 0 saturated carbocycles. The normalized spacial score (nSPS) is 10.7. The maximum absolute atomic E-state index is 8.96. The van der Waals surface area contributed by atoms with E-state index < -0.39 is 0 Å². The van der Waals surface area contributed by atoms with Gasteiger partial charge in [0.25, 0.3) is 0 Å². The Morgan fingerprint density at radius 1 is 1.11 bits per heavy atom. The minimum Gasteiger partial charge on any atom is -0.493 e. The van der Waals surface area contributed by atoms with Crippen molar-refractivity contribution >= 4 is 0 Å². The summed E-state index contributed by atoms with van der Waals surface area (Å²) < 4.78 is 10.9. The third-order valence-corrected chi connectivity index (χ3v) is 2.69. The highest BCUT2D eigenvalue weighted by Gasteiger charge is 2.05. The molecule has 1 aromatic carbocycles. The zero-order valence-corrected chi connectivity index (χ0v) is 11.3. The van der Waals surface area contributed by atoms with E-state index in [0.29, 0.717) is 13.2 Å². The Balaban J connectivity index is 2.39. The van der Waals surface area contributed by atoms with Gasteiger partial charge < -0.3 is 14.6 Å². The van der Waals surface area contributed by atoms with Crippen molar-refractivity contribution in [3.05, 3.63) is 24.3 Å². The lowest BCUT2D eigenvalue weighted by Crippen LogP contribution is -2.31. The van der Waals surface area contributed by atoms with Gasteiger partial charge in [-0.3, -0.25) is 4.90 Å². The van der Waals surface area contributed by atoms with E-state index in [-0.39, 0.29) is 6.61 Å². The van der Waals surface area contributed by atoms with Crippen molar-refractivity contribution in [1.29, 1.82) is 0 Å². The standard InChI is InChI=1S/C14H23NO3/c1-3-8-15(9-11-16)10-12-18-14-7-5-4-6-13(14)17-2/h4-7,16H,3,8-12H2,1-2H3. The molecule has 0 spiro atoms. The molecule has 4 heteroatoms. The third kappa shape index (κ3) is 4.94. The first-order valence-electron chi connectivity index (χ1n) is 6.40. The SMILES string of the molecule is CCCN(CCO)CCOc1ccccc1OC. The van der Waals surface area contributed by atoms with Crippen LogP contribution in [0.25, 0.3) is 0 Å². The molecule has 0 saturated heterocycles. The predicted molar refractivity (Wildman–Crippen MR) is 72.3 cm³/mol. The summed E-state index contributed by atoms with van der Waals surface area (Å²) in [6, 6.07) is 7.62. The van der Waals surface area contributed by atoms with Crippen LogP contribution in [0.4, 0.5) is 0 Å². The number of methoxy groups -OCH3 is 1. The van der Waals surface area contributed by atoms with E-state index in [1.807, 2.05) is 24.3 Å². The molecule has 0 amide bonds. The van der Waals surface area contributed by atoms with Crippen LogP contribution in [0.5, 0.6) is 11.5 Å². The zero-order valence-electron chi connectivity index (χ0n) is 11.3. The molecule has 0 fully saturated rings. The molecule has 102 valence electrons. The Bertz CT molecular complexity index is 325. The number of hydrogen-bond donors (Lipinski definition) is 1. The summed E-state index contributed by atoms with van der Waals surface area (Å²) in [4.78, 5) is 2.19. The summed E-state index contributed by atoms with van der Waals surface area (Å²) in [5.41, 5.74) is 0. The molecular formula is C14H23NO3. The van der Waals surface area contributed by atoms with Gasteiger partial charge in [-0.15, -0.1) is 0 Å². The summed E-state index contributed by atoms with van der Waals surface area (Å²) in [5.74, 6) is 1.52. The van der Waals surface area contributed by atoms with Crippen molar-refractivity contribution in [3.8, 4) is 11.5 Å². The van der Waals surface area contributed by atoms with Crippen LogP contribution in [0.3, 0.4) is 0 Å². The van der Waals surface area contributed by atoms with E-state index >= 15 is 0 Å². The number of aliphatic hydroxyl groups is 1. The van der Waals surface area contributed by atoms with Crippen LogP contribution in [0.1, 0.15) is 13.3 Å². The van der Waals surface area contributed by atoms with E-state index in [0.717, 1.165) is 31.0 Å². The minimum absolute atomic E-state index is 0.189. The van der Waals surface area contributed by atoms with Gasteiger partial charge in [0.15, 0.2) is 11.5 Å². The molecule has 0 aliphatic rings. The quantitative estimate of drug-likeness (QED) is 0.728. The zero-order chi connectivity index (χ0) is 13.2. The molecule has 0 aromatic heterocycles. The van der Waals surface area contributed by atoms with Crippen LogP contribution >= 0.6 is 0 Å². The number of nitrogens with zero attached hydrogens (tertiary/aromatic N) is 1. The molecule has 18 heavy (non-hydrogen) atoms. The van der Waals surface area contributed by atoms with Crippen molar-refractivity contribution in [2.24, 2.45) is 0 Å². The van der Waals surface area contributed by atoms with Crippen molar-refractivity contribution < 1.29 is 14.6 Å². The first kappa shape index (κ1) is 14.8. The van der Waals surface area contributed by atoms with Gasteiger partial charge in [-0.25, -0.2) is 0 Å². The first-order chi connectivity index (χ1) is 8.81. The number of hydrogen-bond acceptors (Lipinski definition) is 4. The maximum Gasteiger partial charge on any atom is 0.161 e. The first-order valence-corrected chi connectivity index (χ1v) is 6.40. The highest BCUT2D eigenvalue weighted by molar-refractivity contribution is 5.39. The summed E-state index contributed by atoms with van der Waals surface area (Å²) >= 11 is 0. The van der Waals surface area contributed by atoms with Crippen molar-refractivity contribution in [1.82, 2.24) is 4.90 Å². The number of rotatable bonds is 9. The van der Waals surface area contributed by atoms with Gasteiger partial charge in [-0.2, -0.15) is 0 Å². The van der Waals surface area contributed by atoms with Crippen molar-refractivity contribution in [3.63, 3.8) is 0 Å². The fourth-order valence-electron chi connectivity index (χ4n) is 1.82. The van der Waals surface area contributed by atoms with Crippen LogP contribution in [-0.4, -0.2) is 50.0 Å². The molecule has 0 heterocycles. The number of aliphatic hydroxyl groups excluding tert-OH is 1. The average Bonchev–Trinajstić information content (AvgIpc) is 2.40. The van der Waals surface area contributed by atoms with E-state index in [9.17, 15) is 0 Å². The summed E-state index contributed by atoms with van der Waals surface area (Å²) in [6.07, 6.45) is 1.08. The molecule has 0 unspecified atom stereocenters. The molecule has 1 N–H and O–H groups in total. The van der Waals surface area contributed by atoms with Crippen LogP contribution in [-0.2, 0) is 0 Å². The second kappa shape index (κ2) is 8.78. The fraction of sp³-hybridized carbons (Fsp3) is 0.571. The molecule has 1 aromatic rings. The molecule has 0 radical (unpaired) electrons. The van der Waals surface area contributed by atoms with Gasteiger partial charge in [-0.05, 0) is 25.1 Å². The van der Waals surface area contributed by atoms with Gasteiger partial charge in [0.2, 0.25) is 0 Å². The monoisotopic (exact) mass is 253 g/mol. The Labute approximate surface area is 109 Å². The summed E-state index contributed by atoms with van der Waals surface area (Å²) in [6.45, 7) is 5.41. The molecule has 0 bridgehead atoms. The van der Waals surface area contributed by atoms with E-state index in [2.05, 4.69) is 11.8 Å². The van der Waals surface area contributed by atoms with Crippen molar-refractivity contribution in [2.45, 2.75) is 13.3 Å². The van der Waals surface area contributed by atoms with Gasteiger partial charge in [0, 0.05) is 13.1 Å². The molecule has 0 aliphatic carbocycles.